The van der Waals surface area contributed by atoms with Crippen molar-refractivity contribution in [2.24, 2.45) is 15.9 Å². The van der Waals surface area contributed by atoms with Crippen molar-refractivity contribution in [1.29, 1.82) is 0 Å². The lowest BCUT2D eigenvalue weighted by Gasteiger charge is -1.99. The Hall–Kier alpha value is -1.78. The van der Waals surface area contributed by atoms with Gasteiger partial charge in [-0.1, -0.05) is 0 Å². The molecule has 0 fully saturated rings. The summed E-state index contributed by atoms with van der Waals surface area (Å²) >= 11 is 0. The molecule has 0 aliphatic rings. The van der Waals surface area contributed by atoms with E-state index in [2.05, 4.69) is 10.1 Å². The quantitative estimate of drug-likeness (QED) is 0.434. The third kappa shape index (κ3) is 2.12. The summed E-state index contributed by atoms with van der Waals surface area (Å²) < 4.78 is 25.4. The molecule has 0 saturated carbocycles. The highest BCUT2D eigenvalue weighted by Gasteiger charge is 2.05. The second kappa shape index (κ2) is 4.45. The molecular formula is C9H9F2N3. The maximum absolute atomic E-state index is 12.8. The van der Waals surface area contributed by atoms with Crippen LogP contribution in [0.15, 0.2) is 28.3 Å². The molecule has 0 aliphatic carbocycles. The molecule has 0 aromatic heterocycles. The van der Waals surface area contributed by atoms with Crippen LogP contribution in [-0.2, 0) is 0 Å². The van der Waals surface area contributed by atoms with Gasteiger partial charge in [-0.05, 0) is 18.2 Å². The lowest BCUT2D eigenvalue weighted by molar-refractivity contribution is 0.508. The van der Waals surface area contributed by atoms with Crippen LogP contribution in [0.25, 0.3) is 0 Å². The van der Waals surface area contributed by atoms with Crippen LogP contribution in [-0.4, -0.2) is 19.0 Å². The summed E-state index contributed by atoms with van der Waals surface area (Å²) in [5.41, 5.74) is 0.684. The van der Waals surface area contributed by atoms with Crippen LogP contribution < -0.4 is 5.84 Å². The molecule has 1 rings (SSSR count). The molecule has 14 heavy (non-hydrogen) atoms. The Morgan fingerprint density at radius 3 is 2.57 bits per heavy atom. The van der Waals surface area contributed by atoms with Gasteiger partial charge in [0.25, 0.3) is 0 Å². The van der Waals surface area contributed by atoms with Crippen molar-refractivity contribution in [3.05, 3.63) is 35.4 Å². The average molecular weight is 197 g/mol. The van der Waals surface area contributed by atoms with Gasteiger partial charge in [-0.2, -0.15) is 5.10 Å². The molecule has 74 valence electrons. The van der Waals surface area contributed by atoms with Gasteiger partial charge in [0.15, 0.2) is 11.6 Å². The van der Waals surface area contributed by atoms with Crippen molar-refractivity contribution < 1.29 is 8.78 Å². The number of rotatable bonds is 2. The molecule has 0 bridgehead atoms. The Balaban J connectivity index is 3.13. The van der Waals surface area contributed by atoms with Gasteiger partial charge in [-0.3, -0.25) is 4.99 Å². The largest absolute Gasteiger partial charge is 0.323 e. The zero-order chi connectivity index (χ0) is 10.6. The molecule has 0 amide bonds. The molecule has 0 radical (unpaired) electrons. The van der Waals surface area contributed by atoms with Crippen molar-refractivity contribution in [3.63, 3.8) is 0 Å². The molecule has 0 heterocycles. The average Bonchev–Trinajstić information content (AvgIpc) is 2.19. The van der Waals surface area contributed by atoms with E-state index in [0.29, 0.717) is 11.3 Å². The molecule has 2 N–H and O–H groups in total. The molecule has 0 spiro atoms. The summed E-state index contributed by atoms with van der Waals surface area (Å²) in [6, 6.07) is 3.41. The van der Waals surface area contributed by atoms with E-state index < -0.39 is 11.6 Å². The van der Waals surface area contributed by atoms with Gasteiger partial charge in [-0.15, -0.1) is 0 Å². The van der Waals surface area contributed by atoms with Crippen LogP contribution in [0.2, 0.25) is 0 Å². The van der Waals surface area contributed by atoms with E-state index in [-0.39, 0.29) is 0 Å². The number of hydrogen-bond donors (Lipinski definition) is 1. The molecular weight excluding hydrogens is 188 g/mol. The Morgan fingerprint density at radius 1 is 1.36 bits per heavy atom. The fraction of sp³-hybridized carbons (Fsp3) is 0.111. The summed E-state index contributed by atoms with van der Waals surface area (Å²) in [5.74, 6) is 3.22. The fourth-order valence-corrected chi connectivity index (χ4v) is 0.960. The maximum atomic E-state index is 12.8. The van der Waals surface area contributed by atoms with Crippen molar-refractivity contribution in [3.8, 4) is 0 Å². The van der Waals surface area contributed by atoms with Crippen molar-refractivity contribution >= 4 is 11.9 Å². The summed E-state index contributed by atoms with van der Waals surface area (Å²) in [5, 5.41) is 3.40. The van der Waals surface area contributed by atoms with Crippen molar-refractivity contribution in [1.82, 2.24) is 0 Å². The normalized spacial score (nSPS) is 12.4. The number of nitrogens with two attached hydrogens (primary N) is 1. The first kappa shape index (κ1) is 10.3. The second-order valence-electron chi connectivity index (χ2n) is 2.53. The van der Waals surface area contributed by atoms with E-state index in [1.807, 2.05) is 0 Å². The van der Waals surface area contributed by atoms with Crippen LogP contribution >= 0.6 is 0 Å². The predicted octanol–water partition coefficient (Wildman–Crippen LogP) is 1.33. The topological polar surface area (TPSA) is 50.7 Å². The highest BCUT2D eigenvalue weighted by molar-refractivity contribution is 6.38. The molecule has 0 atom stereocenters. The van der Waals surface area contributed by atoms with Gasteiger partial charge in [0.2, 0.25) is 0 Å². The third-order valence-corrected chi connectivity index (χ3v) is 1.61. The monoisotopic (exact) mass is 197 g/mol. The second-order valence-corrected chi connectivity index (χ2v) is 2.53. The van der Waals surface area contributed by atoms with Crippen LogP contribution in [0.5, 0.6) is 0 Å². The lowest BCUT2D eigenvalue weighted by atomic mass is 10.1. The minimum absolute atomic E-state index is 0.298. The zero-order valence-corrected chi connectivity index (χ0v) is 7.54. The van der Waals surface area contributed by atoms with Gasteiger partial charge in [0.1, 0.15) is 5.71 Å². The Kier molecular flexibility index (Phi) is 3.28. The highest BCUT2D eigenvalue weighted by Crippen LogP contribution is 2.08. The van der Waals surface area contributed by atoms with Gasteiger partial charge < -0.3 is 5.84 Å². The minimum atomic E-state index is -0.937. The van der Waals surface area contributed by atoms with E-state index in [9.17, 15) is 8.78 Å². The molecule has 0 saturated heterocycles. The summed E-state index contributed by atoms with van der Waals surface area (Å²) in [6.45, 7) is 0. The summed E-state index contributed by atoms with van der Waals surface area (Å²) in [4.78, 5) is 3.68. The van der Waals surface area contributed by atoms with E-state index in [1.54, 1.807) is 0 Å². The number of nitrogens with zero attached hydrogens (tertiary/aromatic N) is 2. The van der Waals surface area contributed by atoms with Crippen LogP contribution in [0, 0.1) is 11.6 Å². The smallest absolute Gasteiger partial charge is 0.159 e. The Labute approximate surface area is 80.0 Å². The molecule has 3 nitrogen and oxygen atoms in total. The van der Waals surface area contributed by atoms with E-state index in [0.717, 1.165) is 12.1 Å². The van der Waals surface area contributed by atoms with E-state index in [4.69, 9.17) is 5.84 Å². The van der Waals surface area contributed by atoms with Crippen molar-refractivity contribution in [2.75, 3.05) is 7.05 Å². The fourth-order valence-electron chi connectivity index (χ4n) is 0.960. The Bertz CT molecular complexity index is 386. The van der Waals surface area contributed by atoms with Crippen LogP contribution in [0.4, 0.5) is 8.78 Å². The number of aliphatic imine (C=N–C) groups is 1. The summed E-state index contributed by atoms with van der Waals surface area (Å²) in [6.07, 6.45) is 1.37. The van der Waals surface area contributed by atoms with Crippen molar-refractivity contribution in [2.45, 2.75) is 0 Å². The predicted molar refractivity (Wildman–Crippen MR) is 51.5 cm³/mol. The summed E-state index contributed by atoms with van der Waals surface area (Å²) in [7, 11) is 1.53. The third-order valence-electron chi connectivity index (χ3n) is 1.61. The number of halogens is 2. The molecule has 1 aromatic carbocycles. The van der Waals surface area contributed by atoms with Gasteiger partial charge >= 0.3 is 0 Å². The van der Waals surface area contributed by atoms with E-state index in [1.165, 1.54) is 19.3 Å². The number of hydrogen-bond acceptors (Lipinski definition) is 3. The van der Waals surface area contributed by atoms with Crippen LogP contribution in [0.3, 0.4) is 0 Å². The first-order valence-electron chi connectivity index (χ1n) is 3.84. The number of hydrazone groups is 1. The number of benzene rings is 1. The lowest BCUT2D eigenvalue weighted by Crippen LogP contribution is -2.06. The molecule has 1 aromatic rings. The highest BCUT2D eigenvalue weighted by atomic mass is 19.2. The van der Waals surface area contributed by atoms with Gasteiger partial charge in [0, 0.05) is 18.8 Å². The first-order valence-corrected chi connectivity index (χ1v) is 3.84. The van der Waals surface area contributed by atoms with Gasteiger partial charge in [-0.25, -0.2) is 8.78 Å². The zero-order valence-electron chi connectivity index (χ0n) is 7.54. The minimum Gasteiger partial charge on any atom is -0.323 e. The molecule has 0 aliphatic heterocycles. The van der Waals surface area contributed by atoms with E-state index >= 15 is 0 Å². The molecule has 0 unspecified atom stereocenters. The van der Waals surface area contributed by atoms with Crippen LogP contribution in [0.1, 0.15) is 5.56 Å². The SMILES string of the molecule is CN=CC(=NN)c1ccc(F)c(F)c1. The van der Waals surface area contributed by atoms with Gasteiger partial charge in [0.05, 0.1) is 0 Å². The maximum Gasteiger partial charge on any atom is 0.159 e. The molecule has 5 heteroatoms. The first-order chi connectivity index (χ1) is 6.69. The standard InChI is InChI=1S/C9H9F2N3/c1-13-5-9(14-12)6-2-3-7(10)8(11)4-6/h2-5H,12H2,1H3. The Morgan fingerprint density at radius 2 is 2.07 bits per heavy atom.